The van der Waals surface area contributed by atoms with Crippen LogP contribution in [-0.2, 0) is 0 Å². The number of hydrogen-bond acceptors (Lipinski definition) is 1. The Morgan fingerprint density at radius 1 is 1.53 bits per heavy atom. The first-order valence-electron chi connectivity index (χ1n) is 4.57. The maximum atomic E-state index is 11.7. The fourth-order valence-electron chi connectivity index (χ4n) is 1.19. The second kappa shape index (κ2) is 4.86. The van der Waals surface area contributed by atoms with Gasteiger partial charge in [-0.2, -0.15) is 0 Å². The van der Waals surface area contributed by atoms with Gasteiger partial charge in [0.05, 0.1) is 6.04 Å². The van der Waals surface area contributed by atoms with E-state index in [1.165, 1.54) is 0 Å². The van der Waals surface area contributed by atoms with Crippen LogP contribution in [0.15, 0.2) is 18.2 Å². The molecule has 0 aromatic heterocycles. The fourth-order valence-corrected chi connectivity index (χ4v) is 1.48. The number of carbonyl (C=O) groups excluding carboxylic acids is 1. The summed E-state index contributed by atoms with van der Waals surface area (Å²) in [6.07, 6.45) is 5.17. The number of terminal acetylenes is 1. The van der Waals surface area contributed by atoms with Gasteiger partial charge in [0, 0.05) is 10.6 Å². The molecule has 0 heterocycles. The molecule has 0 aliphatic heterocycles. The van der Waals surface area contributed by atoms with Crippen molar-refractivity contribution in [1.29, 1.82) is 0 Å². The molecular formula is C12H12ClNO. The van der Waals surface area contributed by atoms with Gasteiger partial charge < -0.3 is 5.32 Å². The highest BCUT2D eigenvalue weighted by atomic mass is 35.5. The topological polar surface area (TPSA) is 29.1 Å². The second-order valence-electron chi connectivity index (χ2n) is 3.38. The molecule has 1 aromatic rings. The number of halogens is 1. The Hall–Kier alpha value is -1.46. The molecule has 1 amide bonds. The standard InChI is InChI=1S/C12H12ClNO/c1-4-9(3)14-12(15)10-5-8(2)6-11(13)7-10/h1,5-7,9H,2-3H3,(H,14,15). The van der Waals surface area contributed by atoms with Gasteiger partial charge >= 0.3 is 0 Å². The van der Waals surface area contributed by atoms with Gasteiger partial charge in [0.25, 0.3) is 5.91 Å². The van der Waals surface area contributed by atoms with Crippen LogP contribution in [0.3, 0.4) is 0 Å². The fraction of sp³-hybridized carbons (Fsp3) is 0.250. The molecule has 0 saturated carbocycles. The third-order valence-corrected chi connectivity index (χ3v) is 2.12. The summed E-state index contributed by atoms with van der Waals surface area (Å²) in [6, 6.07) is 4.90. The van der Waals surface area contributed by atoms with Gasteiger partial charge in [-0.25, -0.2) is 0 Å². The predicted octanol–water partition coefficient (Wildman–Crippen LogP) is 2.40. The van der Waals surface area contributed by atoms with E-state index in [4.69, 9.17) is 18.0 Å². The molecule has 0 bridgehead atoms. The quantitative estimate of drug-likeness (QED) is 0.764. The van der Waals surface area contributed by atoms with Crippen molar-refractivity contribution in [3.63, 3.8) is 0 Å². The maximum absolute atomic E-state index is 11.7. The third-order valence-electron chi connectivity index (χ3n) is 1.90. The largest absolute Gasteiger partial charge is 0.339 e. The highest BCUT2D eigenvalue weighted by Crippen LogP contribution is 2.14. The summed E-state index contributed by atoms with van der Waals surface area (Å²) in [7, 11) is 0. The molecule has 1 aromatic carbocycles. The van der Waals surface area contributed by atoms with Crippen molar-refractivity contribution in [3.8, 4) is 12.3 Å². The van der Waals surface area contributed by atoms with Crippen molar-refractivity contribution >= 4 is 17.5 Å². The van der Waals surface area contributed by atoms with Crippen LogP contribution in [0.25, 0.3) is 0 Å². The van der Waals surface area contributed by atoms with Crippen LogP contribution < -0.4 is 5.32 Å². The summed E-state index contributed by atoms with van der Waals surface area (Å²) in [5, 5.41) is 3.22. The summed E-state index contributed by atoms with van der Waals surface area (Å²) in [4.78, 5) is 11.7. The second-order valence-corrected chi connectivity index (χ2v) is 3.82. The number of nitrogens with one attached hydrogen (secondary N) is 1. The molecule has 0 radical (unpaired) electrons. The molecule has 0 aliphatic rings. The van der Waals surface area contributed by atoms with Crippen LogP contribution in [0.2, 0.25) is 5.02 Å². The van der Waals surface area contributed by atoms with Gasteiger partial charge in [-0.15, -0.1) is 6.42 Å². The van der Waals surface area contributed by atoms with E-state index >= 15 is 0 Å². The molecule has 0 aliphatic carbocycles. The van der Waals surface area contributed by atoms with Crippen molar-refractivity contribution in [1.82, 2.24) is 5.32 Å². The van der Waals surface area contributed by atoms with Crippen LogP contribution in [0.4, 0.5) is 0 Å². The molecule has 2 nitrogen and oxygen atoms in total. The Morgan fingerprint density at radius 2 is 2.20 bits per heavy atom. The highest BCUT2D eigenvalue weighted by Gasteiger charge is 2.08. The Labute approximate surface area is 94.6 Å². The average Bonchev–Trinajstić information content (AvgIpc) is 2.16. The smallest absolute Gasteiger partial charge is 0.252 e. The zero-order valence-corrected chi connectivity index (χ0v) is 9.43. The first-order valence-corrected chi connectivity index (χ1v) is 4.95. The van der Waals surface area contributed by atoms with E-state index in [2.05, 4.69) is 11.2 Å². The minimum absolute atomic E-state index is 0.203. The zero-order chi connectivity index (χ0) is 11.4. The predicted molar refractivity (Wildman–Crippen MR) is 62.0 cm³/mol. The molecule has 1 atom stereocenters. The van der Waals surface area contributed by atoms with Crippen molar-refractivity contribution in [3.05, 3.63) is 34.3 Å². The van der Waals surface area contributed by atoms with Gasteiger partial charge in [-0.3, -0.25) is 4.79 Å². The molecule has 78 valence electrons. The Kier molecular flexibility index (Phi) is 3.76. The summed E-state index contributed by atoms with van der Waals surface area (Å²) in [5.74, 6) is 2.23. The van der Waals surface area contributed by atoms with E-state index < -0.39 is 0 Å². The minimum Gasteiger partial charge on any atom is -0.339 e. The number of aryl methyl sites for hydroxylation is 1. The normalized spacial score (nSPS) is 11.6. The van der Waals surface area contributed by atoms with Gasteiger partial charge in [0.1, 0.15) is 0 Å². The van der Waals surface area contributed by atoms with E-state index in [0.717, 1.165) is 5.56 Å². The molecule has 1 N–H and O–H groups in total. The summed E-state index contributed by atoms with van der Waals surface area (Å²) < 4.78 is 0. The van der Waals surface area contributed by atoms with Crippen molar-refractivity contribution < 1.29 is 4.79 Å². The van der Waals surface area contributed by atoms with Crippen molar-refractivity contribution in [2.75, 3.05) is 0 Å². The molecule has 3 heteroatoms. The molecule has 0 saturated heterocycles. The molecule has 1 unspecified atom stereocenters. The lowest BCUT2D eigenvalue weighted by Crippen LogP contribution is -2.31. The number of hydrogen-bond donors (Lipinski definition) is 1. The molecule has 15 heavy (non-hydrogen) atoms. The van der Waals surface area contributed by atoms with Crippen LogP contribution >= 0.6 is 11.6 Å². The van der Waals surface area contributed by atoms with Crippen LogP contribution in [0.5, 0.6) is 0 Å². The van der Waals surface area contributed by atoms with Crippen LogP contribution in [0, 0.1) is 19.3 Å². The zero-order valence-electron chi connectivity index (χ0n) is 8.67. The SMILES string of the molecule is C#CC(C)NC(=O)c1cc(C)cc(Cl)c1. The third kappa shape index (κ3) is 3.30. The van der Waals surface area contributed by atoms with Gasteiger partial charge in [0.2, 0.25) is 0 Å². The Bertz CT molecular complexity index is 400. The lowest BCUT2D eigenvalue weighted by molar-refractivity contribution is 0.0948. The number of benzene rings is 1. The van der Waals surface area contributed by atoms with Crippen molar-refractivity contribution in [2.24, 2.45) is 0 Å². The van der Waals surface area contributed by atoms with E-state index in [1.807, 2.05) is 6.92 Å². The Balaban J connectivity index is 2.88. The summed E-state index contributed by atoms with van der Waals surface area (Å²) in [5.41, 5.74) is 1.48. The first kappa shape index (κ1) is 11.6. The number of carbonyl (C=O) groups is 1. The number of amides is 1. The van der Waals surface area contributed by atoms with Gasteiger partial charge in [-0.05, 0) is 37.6 Å². The van der Waals surface area contributed by atoms with Crippen LogP contribution in [-0.4, -0.2) is 11.9 Å². The monoisotopic (exact) mass is 221 g/mol. The lowest BCUT2D eigenvalue weighted by Gasteiger charge is -2.08. The molecule has 1 rings (SSSR count). The van der Waals surface area contributed by atoms with E-state index in [1.54, 1.807) is 25.1 Å². The lowest BCUT2D eigenvalue weighted by atomic mass is 10.1. The van der Waals surface area contributed by atoms with E-state index in [-0.39, 0.29) is 11.9 Å². The maximum Gasteiger partial charge on any atom is 0.252 e. The van der Waals surface area contributed by atoms with Crippen LogP contribution in [0.1, 0.15) is 22.8 Å². The van der Waals surface area contributed by atoms with E-state index in [9.17, 15) is 4.79 Å². The van der Waals surface area contributed by atoms with Gasteiger partial charge in [0.15, 0.2) is 0 Å². The summed E-state index contributed by atoms with van der Waals surface area (Å²) in [6.45, 7) is 3.63. The van der Waals surface area contributed by atoms with Gasteiger partial charge in [-0.1, -0.05) is 17.5 Å². The minimum atomic E-state index is -0.281. The van der Waals surface area contributed by atoms with Crippen molar-refractivity contribution in [2.45, 2.75) is 19.9 Å². The first-order chi connectivity index (χ1) is 7.02. The number of rotatable bonds is 2. The highest BCUT2D eigenvalue weighted by molar-refractivity contribution is 6.31. The van der Waals surface area contributed by atoms with E-state index in [0.29, 0.717) is 10.6 Å². The average molecular weight is 222 g/mol. The molecule has 0 fully saturated rings. The Morgan fingerprint density at radius 3 is 2.73 bits per heavy atom. The molecular weight excluding hydrogens is 210 g/mol. The molecule has 0 spiro atoms. The summed E-state index contributed by atoms with van der Waals surface area (Å²) >= 11 is 5.84.